The van der Waals surface area contributed by atoms with Crippen LogP contribution in [0.5, 0.6) is 11.5 Å². The molecule has 0 spiro atoms. The highest BCUT2D eigenvalue weighted by molar-refractivity contribution is 5.94. The molecule has 0 aromatic heterocycles. The lowest BCUT2D eigenvalue weighted by Gasteiger charge is -2.27. The van der Waals surface area contributed by atoms with Crippen molar-refractivity contribution in [3.05, 3.63) is 54.1 Å². The number of nitrogens with zero attached hydrogens (tertiary/aromatic N) is 1. The summed E-state index contributed by atoms with van der Waals surface area (Å²) in [5.41, 5.74) is 7.67. The Morgan fingerprint density at radius 1 is 0.935 bits per heavy atom. The number of fused-ring (bicyclic) bond motifs is 1. The van der Waals surface area contributed by atoms with Crippen molar-refractivity contribution >= 4 is 11.6 Å². The molecule has 7 nitrogen and oxygen atoms in total. The first-order valence-corrected chi connectivity index (χ1v) is 11.0. The molecule has 31 heavy (non-hydrogen) atoms. The molecule has 2 N–H and O–H groups in total. The summed E-state index contributed by atoms with van der Waals surface area (Å²) in [7, 11) is 0. The van der Waals surface area contributed by atoms with Crippen LogP contribution in [0.1, 0.15) is 24.8 Å². The summed E-state index contributed by atoms with van der Waals surface area (Å²) in [6.45, 7) is 2.16. The van der Waals surface area contributed by atoms with E-state index in [1.54, 1.807) is 0 Å². The van der Waals surface area contributed by atoms with Gasteiger partial charge in [-0.05, 0) is 54.8 Å². The van der Waals surface area contributed by atoms with Gasteiger partial charge < -0.3 is 29.6 Å². The summed E-state index contributed by atoms with van der Waals surface area (Å²) in [6, 6.07) is 15.5. The number of ether oxygens (including phenoxy) is 4. The zero-order valence-corrected chi connectivity index (χ0v) is 17.4. The van der Waals surface area contributed by atoms with E-state index in [1.807, 2.05) is 53.4 Å². The monoisotopic (exact) mass is 424 g/mol. The first-order valence-electron chi connectivity index (χ1n) is 11.0. The molecule has 0 saturated carbocycles. The standard InChI is InChI=1S/C24H28N2O5/c25-13-16-4-3-5-19(12-16)31-21-15-29-23-20(14-28-24(21)23)30-18-9-7-17(8-10-18)26-11-2-1-6-22(26)27/h3-5,7-10,12,20-21,23-24H,1-2,6,11,13-15,25H2/t20-,21+,23-,24?/m1/s1. The van der Waals surface area contributed by atoms with E-state index in [9.17, 15) is 4.79 Å². The molecule has 3 heterocycles. The predicted octanol–water partition coefficient (Wildman–Crippen LogP) is 2.65. The highest BCUT2D eigenvalue weighted by atomic mass is 16.6. The molecule has 1 unspecified atom stereocenters. The first kappa shape index (κ1) is 20.3. The summed E-state index contributed by atoms with van der Waals surface area (Å²) < 4.78 is 24.3. The molecule has 3 aliphatic rings. The number of carbonyl (C=O) groups is 1. The van der Waals surface area contributed by atoms with Crippen LogP contribution in [0.3, 0.4) is 0 Å². The van der Waals surface area contributed by atoms with Gasteiger partial charge in [0.2, 0.25) is 5.91 Å². The Hall–Kier alpha value is -2.61. The van der Waals surface area contributed by atoms with Gasteiger partial charge >= 0.3 is 0 Å². The van der Waals surface area contributed by atoms with Crippen LogP contribution >= 0.6 is 0 Å². The van der Waals surface area contributed by atoms with Crippen molar-refractivity contribution in [3.63, 3.8) is 0 Å². The van der Waals surface area contributed by atoms with E-state index in [0.717, 1.165) is 42.1 Å². The predicted molar refractivity (Wildman–Crippen MR) is 115 cm³/mol. The smallest absolute Gasteiger partial charge is 0.226 e. The molecular weight excluding hydrogens is 396 g/mol. The zero-order chi connectivity index (χ0) is 21.2. The molecule has 3 fully saturated rings. The number of rotatable bonds is 6. The number of piperidine rings is 1. The van der Waals surface area contributed by atoms with E-state index in [-0.39, 0.29) is 30.3 Å². The Balaban J connectivity index is 1.20. The lowest BCUT2D eigenvalue weighted by molar-refractivity contribution is -0.119. The summed E-state index contributed by atoms with van der Waals surface area (Å²) in [4.78, 5) is 14.0. The van der Waals surface area contributed by atoms with Crippen LogP contribution in [0.15, 0.2) is 48.5 Å². The number of carbonyl (C=O) groups excluding carboxylic acids is 1. The van der Waals surface area contributed by atoms with Crippen LogP contribution in [-0.4, -0.2) is 50.1 Å². The number of hydrogen-bond acceptors (Lipinski definition) is 6. The van der Waals surface area contributed by atoms with E-state index in [0.29, 0.717) is 26.2 Å². The fraction of sp³-hybridized carbons (Fsp3) is 0.458. The molecule has 5 rings (SSSR count). The second-order valence-electron chi connectivity index (χ2n) is 8.26. The van der Waals surface area contributed by atoms with Gasteiger partial charge in [-0.1, -0.05) is 12.1 Å². The van der Waals surface area contributed by atoms with Crippen LogP contribution in [0.4, 0.5) is 5.69 Å². The van der Waals surface area contributed by atoms with E-state index in [1.165, 1.54) is 0 Å². The average molecular weight is 424 g/mol. The maximum Gasteiger partial charge on any atom is 0.226 e. The molecule has 164 valence electrons. The quantitative estimate of drug-likeness (QED) is 0.768. The molecule has 0 radical (unpaired) electrons. The molecule has 3 aliphatic heterocycles. The van der Waals surface area contributed by atoms with Crippen LogP contribution in [0.2, 0.25) is 0 Å². The Morgan fingerprint density at radius 3 is 2.32 bits per heavy atom. The molecular formula is C24H28N2O5. The second kappa shape index (κ2) is 8.86. The highest BCUT2D eigenvalue weighted by Gasteiger charge is 2.50. The molecule has 1 amide bonds. The van der Waals surface area contributed by atoms with Gasteiger partial charge in [0.1, 0.15) is 23.7 Å². The average Bonchev–Trinajstić information content (AvgIpc) is 3.38. The van der Waals surface area contributed by atoms with Crippen LogP contribution in [-0.2, 0) is 20.8 Å². The van der Waals surface area contributed by atoms with E-state index in [2.05, 4.69) is 0 Å². The van der Waals surface area contributed by atoms with E-state index in [4.69, 9.17) is 24.7 Å². The molecule has 2 aromatic rings. The molecule has 3 saturated heterocycles. The SMILES string of the molecule is NCc1cccc(O[C@H]2CO[C@H]3C2OC[C@H]3Oc2ccc(N3CCCCC3=O)cc2)c1. The third-order valence-corrected chi connectivity index (χ3v) is 6.14. The normalized spacial score (nSPS) is 27.9. The fourth-order valence-electron chi connectivity index (χ4n) is 4.51. The van der Waals surface area contributed by atoms with Gasteiger partial charge in [0.25, 0.3) is 0 Å². The van der Waals surface area contributed by atoms with Gasteiger partial charge in [-0.2, -0.15) is 0 Å². The van der Waals surface area contributed by atoms with Gasteiger partial charge in [-0.25, -0.2) is 0 Å². The summed E-state index contributed by atoms with van der Waals surface area (Å²) >= 11 is 0. The molecule has 4 atom stereocenters. The Bertz CT molecular complexity index is 918. The summed E-state index contributed by atoms with van der Waals surface area (Å²) in [5, 5.41) is 0. The van der Waals surface area contributed by atoms with Gasteiger partial charge in [-0.3, -0.25) is 4.79 Å². The second-order valence-corrected chi connectivity index (χ2v) is 8.26. The van der Waals surface area contributed by atoms with E-state index >= 15 is 0 Å². The van der Waals surface area contributed by atoms with Crippen molar-refractivity contribution in [2.24, 2.45) is 5.73 Å². The van der Waals surface area contributed by atoms with Crippen molar-refractivity contribution in [3.8, 4) is 11.5 Å². The minimum absolute atomic E-state index is 0.170. The van der Waals surface area contributed by atoms with Crippen LogP contribution in [0, 0.1) is 0 Å². The van der Waals surface area contributed by atoms with Crippen molar-refractivity contribution in [2.75, 3.05) is 24.7 Å². The summed E-state index contributed by atoms with van der Waals surface area (Å²) in [5.74, 6) is 1.70. The van der Waals surface area contributed by atoms with Crippen LogP contribution in [0.25, 0.3) is 0 Å². The number of hydrogen-bond donors (Lipinski definition) is 1. The molecule has 7 heteroatoms. The van der Waals surface area contributed by atoms with Gasteiger partial charge in [0.05, 0.1) is 13.2 Å². The van der Waals surface area contributed by atoms with Gasteiger partial charge in [0.15, 0.2) is 12.2 Å². The van der Waals surface area contributed by atoms with Crippen molar-refractivity contribution < 1.29 is 23.7 Å². The lowest BCUT2D eigenvalue weighted by atomic mass is 10.1. The number of amides is 1. The molecule has 0 bridgehead atoms. The Morgan fingerprint density at radius 2 is 1.65 bits per heavy atom. The topological polar surface area (TPSA) is 83.2 Å². The lowest BCUT2D eigenvalue weighted by Crippen LogP contribution is -2.36. The van der Waals surface area contributed by atoms with Crippen LogP contribution < -0.4 is 20.1 Å². The van der Waals surface area contributed by atoms with Gasteiger partial charge in [0, 0.05) is 25.2 Å². The molecule has 0 aliphatic carbocycles. The Labute approximate surface area is 182 Å². The number of anilines is 1. The van der Waals surface area contributed by atoms with Crippen molar-refractivity contribution in [1.29, 1.82) is 0 Å². The third-order valence-electron chi connectivity index (χ3n) is 6.14. The Kier molecular flexibility index (Phi) is 5.80. The maximum atomic E-state index is 12.1. The maximum absolute atomic E-state index is 12.1. The number of benzene rings is 2. The van der Waals surface area contributed by atoms with E-state index < -0.39 is 0 Å². The summed E-state index contributed by atoms with van der Waals surface area (Å²) in [6.07, 6.45) is 1.92. The zero-order valence-electron chi connectivity index (χ0n) is 17.4. The highest BCUT2D eigenvalue weighted by Crippen LogP contribution is 2.33. The first-order chi connectivity index (χ1) is 15.2. The minimum atomic E-state index is -0.198. The minimum Gasteiger partial charge on any atom is -0.485 e. The number of nitrogens with two attached hydrogens (primary N) is 1. The fourth-order valence-corrected chi connectivity index (χ4v) is 4.51. The van der Waals surface area contributed by atoms with Crippen molar-refractivity contribution in [2.45, 2.75) is 50.2 Å². The largest absolute Gasteiger partial charge is 0.485 e. The van der Waals surface area contributed by atoms with Gasteiger partial charge in [-0.15, -0.1) is 0 Å². The third kappa shape index (κ3) is 4.26. The molecule has 2 aromatic carbocycles. The van der Waals surface area contributed by atoms with Crippen molar-refractivity contribution in [1.82, 2.24) is 0 Å².